The number of ether oxygens (including phenoxy) is 1. The molecule has 2 aromatic rings. The van der Waals surface area contributed by atoms with Crippen LogP contribution in [0.1, 0.15) is 10.6 Å². The largest absolute Gasteiger partial charge is 0.476 e. The molecule has 0 spiro atoms. The van der Waals surface area contributed by atoms with Gasteiger partial charge in [-0.2, -0.15) is 0 Å². The molecule has 0 fully saturated rings. The van der Waals surface area contributed by atoms with Crippen molar-refractivity contribution in [2.24, 2.45) is 0 Å². The Kier molecular flexibility index (Phi) is 3.56. The summed E-state index contributed by atoms with van der Waals surface area (Å²) in [6, 6.07) is 6.23. The maximum atomic E-state index is 13.4. The van der Waals surface area contributed by atoms with Gasteiger partial charge >= 0.3 is 5.69 Å². The molecule has 1 aromatic carbocycles. The first-order valence-corrected chi connectivity index (χ1v) is 5.22. The molecule has 0 atom stereocenters. The van der Waals surface area contributed by atoms with Crippen LogP contribution in [0.2, 0.25) is 0 Å². The van der Waals surface area contributed by atoms with E-state index in [1.54, 1.807) is 0 Å². The zero-order chi connectivity index (χ0) is 13.8. The van der Waals surface area contributed by atoms with Gasteiger partial charge in [0.05, 0.1) is 11.2 Å². The molecule has 0 unspecified atom stereocenters. The van der Waals surface area contributed by atoms with E-state index in [0.717, 1.165) is 12.1 Å². The van der Waals surface area contributed by atoms with E-state index in [0.29, 0.717) is 0 Å². The van der Waals surface area contributed by atoms with E-state index in [1.165, 1.54) is 24.5 Å². The lowest BCUT2D eigenvalue weighted by Gasteiger charge is -2.05. The summed E-state index contributed by atoms with van der Waals surface area (Å²) in [5, 5.41) is 10.7. The molecule has 0 aliphatic carbocycles. The molecule has 2 rings (SSSR count). The van der Waals surface area contributed by atoms with Crippen LogP contribution >= 0.6 is 0 Å². The van der Waals surface area contributed by atoms with Gasteiger partial charge < -0.3 is 9.15 Å². The Morgan fingerprint density at radius 2 is 2.16 bits per heavy atom. The summed E-state index contributed by atoms with van der Waals surface area (Å²) in [6.45, 7) is -0.546. The molecule has 0 amide bonds. The SMILES string of the molecule is O=C(COc1c(F)cccc1[N+](=O)[O-])c1ccco1. The van der Waals surface area contributed by atoms with Crippen LogP contribution in [-0.2, 0) is 0 Å². The van der Waals surface area contributed by atoms with Crippen molar-refractivity contribution in [1.82, 2.24) is 0 Å². The maximum absolute atomic E-state index is 13.4. The molecule has 0 radical (unpaired) electrons. The second-order valence-corrected chi connectivity index (χ2v) is 3.53. The Balaban J connectivity index is 2.16. The number of Topliss-reactive ketones (excluding diaryl/α,β-unsaturated/α-hetero) is 1. The molecular weight excluding hydrogens is 257 g/mol. The van der Waals surface area contributed by atoms with E-state index in [-0.39, 0.29) is 5.76 Å². The third-order valence-electron chi connectivity index (χ3n) is 2.29. The predicted molar refractivity (Wildman–Crippen MR) is 61.6 cm³/mol. The number of ketones is 1. The highest BCUT2D eigenvalue weighted by atomic mass is 19.1. The lowest BCUT2D eigenvalue weighted by atomic mass is 10.3. The van der Waals surface area contributed by atoms with Gasteiger partial charge in [-0.3, -0.25) is 14.9 Å². The second-order valence-electron chi connectivity index (χ2n) is 3.53. The van der Waals surface area contributed by atoms with Crippen molar-refractivity contribution in [3.63, 3.8) is 0 Å². The number of para-hydroxylation sites is 1. The lowest BCUT2D eigenvalue weighted by molar-refractivity contribution is -0.386. The van der Waals surface area contributed by atoms with Crippen molar-refractivity contribution in [1.29, 1.82) is 0 Å². The van der Waals surface area contributed by atoms with Gasteiger partial charge in [0, 0.05) is 6.07 Å². The van der Waals surface area contributed by atoms with Crippen molar-refractivity contribution < 1.29 is 23.3 Å². The molecule has 0 saturated heterocycles. The van der Waals surface area contributed by atoms with Crippen LogP contribution in [0.25, 0.3) is 0 Å². The Morgan fingerprint density at radius 3 is 2.79 bits per heavy atom. The highest BCUT2D eigenvalue weighted by molar-refractivity contribution is 5.94. The van der Waals surface area contributed by atoms with Crippen molar-refractivity contribution in [2.75, 3.05) is 6.61 Å². The quantitative estimate of drug-likeness (QED) is 0.471. The number of hydrogen-bond donors (Lipinski definition) is 0. The van der Waals surface area contributed by atoms with Gasteiger partial charge in [0.15, 0.2) is 18.2 Å². The van der Waals surface area contributed by atoms with Gasteiger partial charge in [0.2, 0.25) is 11.5 Å². The van der Waals surface area contributed by atoms with Gasteiger partial charge in [-0.05, 0) is 18.2 Å². The summed E-state index contributed by atoms with van der Waals surface area (Å²) in [5.41, 5.74) is -0.535. The highest BCUT2D eigenvalue weighted by Gasteiger charge is 2.21. The summed E-state index contributed by atoms with van der Waals surface area (Å²) in [7, 11) is 0. The molecule has 6 nitrogen and oxygen atoms in total. The summed E-state index contributed by atoms with van der Waals surface area (Å²) in [4.78, 5) is 21.5. The van der Waals surface area contributed by atoms with Crippen molar-refractivity contribution in [3.8, 4) is 5.75 Å². The number of carbonyl (C=O) groups is 1. The first-order chi connectivity index (χ1) is 9.09. The first-order valence-electron chi connectivity index (χ1n) is 5.22. The number of furan rings is 1. The van der Waals surface area contributed by atoms with Crippen LogP contribution in [0.3, 0.4) is 0 Å². The summed E-state index contributed by atoms with van der Waals surface area (Å²) in [6.07, 6.45) is 1.30. The molecule has 19 heavy (non-hydrogen) atoms. The Morgan fingerprint density at radius 1 is 1.37 bits per heavy atom. The van der Waals surface area contributed by atoms with Crippen LogP contribution in [0, 0.1) is 15.9 Å². The van der Waals surface area contributed by atoms with E-state index in [9.17, 15) is 19.3 Å². The minimum absolute atomic E-state index is 0.0407. The van der Waals surface area contributed by atoms with Crippen LogP contribution in [-0.4, -0.2) is 17.3 Å². The van der Waals surface area contributed by atoms with Crippen LogP contribution in [0.5, 0.6) is 5.75 Å². The minimum atomic E-state index is -0.901. The second kappa shape index (κ2) is 5.30. The van der Waals surface area contributed by atoms with Gasteiger partial charge in [-0.15, -0.1) is 0 Å². The zero-order valence-electron chi connectivity index (χ0n) is 9.54. The Hall–Kier alpha value is -2.70. The normalized spacial score (nSPS) is 10.2. The van der Waals surface area contributed by atoms with Gasteiger partial charge in [0.25, 0.3) is 0 Å². The van der Waals surface area contributed by atoms with Crippen LogP contribution < -0.4 is 4.74 Å². The van der Waals surface area contributed by atoms with E-state index in [1.807, 2.05) is 0 Å². The zero-order valence-corrected chi connectivity index (χ0v) is 9.54. The number of nitrogens with zero attached hydrogens (tertiary/aromatic N) is 1. The maximum Gasteiger partial charge on any atom is 0.314 e. The molecule has 0 aliphatic rings. The number of nitro benzene ring substituents is 1. The molecule has 98 valence electrons. The van der Waals surface area contributed by atoms with Crippen molar-refractivity contribution in [2.45, 2.75) is 0 Å². The summed E-state index contributed by atoms with van der Waals surface area (Å²) in [5.74, 6) is -1.96. The Bertz CT molecular complexity index is 609. The molecule has 1 heterocycles. The average Bonchev–Trinajstić information content (AvgIpc) is 2.90. The number of hydrogen-bond acceptors (Lipinski definition) is 5. The number of carbonyl (C=O) groups excluding carboxylic acids is 1. The molecule has 0 saturated carbocycles. The van der Waals surface area contributed by atoms with Crippen LogP contribution in [0.15, 0.2) is 41.0 Å². The van der Waals surface area contributed by atoms with E-state index >= 15 is 0 Å². The van der Waals surface area contributed by atoms with E-state index < -0.39 is 34.6 Å². The van der Waals surface area contributed by atoms with E-state index in [4.69, 9.17) is 9.15 Å². The van der Waals surface area contributed by atoms with Crippen LogP contribution in [0.4, 0.5) is 10.1 Å². The fraction of sp³-hybridized carbons (Fsp3) is 0.0833. The number of rotatable bonds is 5. The van der Waals surface area contributed by atoms with Gasteiger partial charge in [-0.1, -0.05) is 6.07 Å². The molecule has 0 bridgehead atoms. The Labute approximate surface area is 106 Å². The highest BCUT2D eigenvalue weighted by Crippen LogP contribution is 2.29. The molecule has 7 heteroatoms. The minimum Gasteiger partial charge on any atom is -0.476 e. The van der Waals surface area contributed by atoms with Crippen molar-refractivity contribution in [3.05, 3.63) is 58.3 Å². The number of benzene rings is 1. The fourth-order valence-corrected chi connectivity index (χ4v) is 1.43. The number of nitro groups is 1. The topological polar surface area (TPSA) is 82.6 Å². The van der Waals surface area contributed by atoms with Crippen molar-refractivity contribution >= 4 is 11.5 Å². The van der Waals surface area contributed by atoms with Gasteiger partial charge in [-0.25, -0.2) is 4.39 Å². The molecule has 0 aliphatic heterocycles. The summed E-state index contributed by atoms with van der Waals surface area (Å²) < 4.78 is 23.2. The third kappa shape index (κ3) is 2.76. The standard InChI is InChI=1S/C12H8FNO5/c13-8-3-1-4-9(14(16)17)12(8)19-7-10(15)11-5-2-6-18-11/h1-6H,7H2. The third-order valence-corrected chi connectivity index (χ3v) is 2.29. The monoisotopic (exact) mass is 265 g/mol. The smallest absolute Gasteiger partial charge is 0.314 e. The fourth-order valence-electron chi connectivity index (χ4n) is 1.43. The number of halogens is 1. The molecule has 1 aromatic heterocycles. The van der Waals surface area contributed by atoms with Gasteiger partial charge in [0.1, 0.15) is 0 Å². The molecular formula is C12H8FNO5. The summed E-state index contributed by atoms with van der Waals surface area (Å²) >= 11 is 0. The average molecular weight is 265 g/mol. The first kappa shape index (κ1) is 12.7. The predicted octanol–water partition coefficient (Wildman–Crippen LogP) is 2.59. The molecule has 0 N–H and O–H groups in total. The lowest BCUT2D eigenvalue weighted by Crippen LogP contribution is -2.12. The van der Waals surface area contributed by atoms with E-state index in [2.05, 4.69) is 0 Å².